The predicted octanol–water partition coefficient (Wildman–Crippen LogP) is 0.0517. The van der Waals surface area contributed by atoms with Crippen LogP contribution in [0.15, 0.2) is 6.20 Å². The number of aromatic hydroxyl groups is 1. The van der Waals surface area contributed by atoms with E-state index >= 15 is 0 Å². The maximum Gasteiger partial charge on any atom is 0.158 e. The number of nitrogens with zero attached hydrogens (tertiary/aromatic N) is 2. The summed E-state index contributed by atoms with van der Waals surface area (Å²) in [5.41, 5.74) is 5.53. The number of aliphatic hydroxyl groups excluding tert-OH is 1. The zero-order valence-corrected chi connectivity index (χ0v) is 7.72. The number of hydrogen-bond acceptors (Lipinski definition) is 5. The standard InChI is InChI=1S/C9H13N3O2/c10-3-6(13)8-7(14)4-11-9(12-8)5-1-2-5/h4-6,13-14H,1-3,10H2. The lowest BCUT2D eigenvalue weighted by atomic mass is 10.2. The minimum atomic E-state index is -0.907. The molecule has 0 aromatic carbocycles. The van der Waals surface area contributed by atoms with Crippen LogP contribution in [0.4, 0.5) is 0 Å². The Bertz CT molecular complexity index is 339. The Morgan fingerprint density at radius 1 is 1.57 bits per heavy atom. The quantitative estimate of drug-likeness (QED) is 0.633. The second kappa shape index (κ2) is 3.51. The Balaban J connectivity index is 2.31. The summed E-state index contributed by atoms with van der Waals surface area (Å²) in [6, 6.07) is 0. The summed E-state index contributed by atoms with van der Waals surface area (Å²) in [5, 5.41) is 18.9. The summed E-state index contributed by atoms with van der Waals surface area (Å²) in [6.45, 7) is 0.0503. The number of nitrogens with two attached hydrogens (primary N) is 1. The number of aliphatic hydroxyl groups is 1. The normalized spacial score (nSPS) is 18.1. The Labute approximate surface area is 81.6 Å². The zero-order chi connectivity index (χ0) is 10.1. The highest BCUT2D eigenvalue weighted by molar-refractivity contribution is 5.26. The van der Waals surface area contributed by atoms with E-state index in [2.05, 4.69) is 9.97 Å². The molecular formula is C9H13N3O2. The van der Waals surface area contributed by atoms with Crippen molar-refractivity contribution < 1.29 is 10.2 Å². The summed E-state index contributed by atoms with van der Waals surface area (Å²) >= 11 is 0. The van der Waals surface area contributed by atoms with Crippen LogP contribution in [0.25, 0.3) is 0 Å². The zero-order valence-electron chi connectivity index (χ0n) is 7.72. The first-order chi connectivity index (χ1) is 6.72. The molecule has 2 rings (SSSR count). The third kappa shape index (κ3) is 1.69. The van der Waals surface area contributed by atoms with Crippen molar-refractivity contribution in [2.24, 2.45) is 5.73 Å². The molecule has 5 nitrogen and oxygen atoms in total. The van der Waals surface area contributed by atoms with E-state index in [1.807, 2.05) is 0 Å². The van der Waals surface area contributed by atoms with Crippen LogP contribution in [0.5, 0.6) is 5.75 Å². The van der Waals surface area contributed by atoms with Crippen LogP contribution in [0.2, 0.25) is 0 Å². The summed E-state index contributed by atoms with van der Waals surface area (Å²) in [5.74, 6) is 1.01. The van der Waals surface area contributed by atoms with Gasteiger partial charge in [0, 0.05) is 12.5 Å². The van der Waals surface area contributed by atoms with Gasteiger partial charge in [-0.05, 0) is 12.8 Å². The van der Waals surface area contributed by atoms with Gasteiger partial charge in [0.2, 0.25) is 0 Å². The number of aromatic nitrogens is 2. The molecule has 1 aliphatic carbocycles. The molecule has 1 saturated carbocycles. The highest BCUT2D eigenvalue weighted by Crippen LogP contribution is 2.38. The maximum atomic E-state index is 9.46. The molecule has 1 aliphatic rings. The van der Waals surface area contributed by atoms with Crippen molar-refractivity contribution in [3.05, 3.63) is 17.7 Å². The van der Waals surface area contributed by atoms with E-state index in [9.17, 15) is 10.2 Å². The van der Waals surface area contributed by atoms with Crippen molar-refractivity contribution in [2.75, 3.05) is 6.54 Å². The van der Waals surface area contributed by atoms with E-state index in [-0.39, 0.29) is 18.0 Å². The van der Waals surface area contributed by atoms with Crippen LogP contribution in [0, 0.1) is 0 Å². The molecule has 1 fully saturated rings. The summed E-state index contributed by atoms with van der Waals surface area (Å²) in [4.78, 5) is 8.12. The Kier molecular flexibility index (Phi) is 2.35. The van der Waals surface area contributed by atoms with Gasteiger partial charge in [-0.2, -0.15) is 0 Å². The number of rotatable bonds is 3. The molecule has 0 amide bonds. The molecular weight excluding hydrogens is 182 g/mol. The van der Waals surface area contributed by atoms with Gasteiger partial charge in [0.15, 0.2) is 5.75 Å². The van der Waals surface area contributed by atoms with Crippen LogP contribution in [0.1, 0.15) is 36.4 Å². The van der Waals surface area contributed by atoms with Crippen molar-refractivity contribution in [1.29, 1.82) is 0 Å². The summed E-state index contributed by atoms with van der Waals surface area (Å²) in [7, 11) is 0. The maximum absolute atomic E-state index is 9.46. The minimum absolute atomic E-state index is 0.0503. The molecule has 0 bridgehead atoms. The van der Waals surface area contributed by atoms with Crippen molar-refractivity contribution in [2.45, 2.75) is 24.9 Å². The molecule has 1 aromatic rings. The van der Waals surface area contributed by atoms with Crippen LogP contribution in [-0.4, -0.2) is 26.7 Å². The monoisotopic (exact) mass is 195 g/mol. The van der Waals surface area contributed by atoms with Gasteiger partial charge in [-0.15, -0.1) is 0 Å². The van der Waals surface area contributed by atoms with E-state index in [0.29, 0.717) is 11.7 Å². The second-order valence-corrected chi connectivity index (χ2v) is 3.52. The van der Waals surface area contributed by atoms with Crippen LogP contribution >= 0.6 is 0 Å². The van der Waals surface area contributed by atoms with E-state index in [1.54, 1.807) is 0 Å². The fraction of sp³-hybridized carbons (Fsp3) is 0.556. The van der Waals surface area contributed by atoms with Gasteiger partial charge in [0.25, 0.3) is 0 Å². The summed E-state index contributed by atoms with van der Waals surface area (Å²) in [6.07, 6.45) is 2.59. The van der Waals surface area contributed by atoms with Gasteiger partial charge in [-0.25, -0.2) is 9.97 Å². The van der Waals surface area contributed by atoms with E-state index < -0.39 is 6.10 Å². The lowest BCUT2D eigenvalue weighted by Crippen LogP contribution is -2.14. The highest BCUT2D eigenvalue weighted by atomic mass is 16.3. The second-order valence-electron chi connectivity index (χ2n) is 3.52. The first-order valence-electron chi connectivity index (χ1n) is 4.66. The predicted molar refractivity (Wildman–Crippen MR) is 49.7 cm³/mol. The SMILES string of the molecule is NCC(O)c1nc(C2CC2)ncc1O. The van der Waals surface area contributed by atoms with Gasteiger partial charge >= 0.3 is 0 Å². The topological polar surface area (TPSA) is 92.3 Å². The molecule has 0 radical (unpaired) electrons. The molecule has 0 aliphatic heterocycles. The van der Waals surface area contributed by atoms with Crippen molar-refractivity contribution >= 4 is 0 Å². The van der Waals surface area contributed by atoms with Crippen molar-refractivity contribution in [1.82, 2.24) is 9.97 Å². The van der Waals surface area contributed by atoms with Gasteiger partial charge in [-0.1, -0.05) is 0 Å². The lowest BCUT2D eigenvalue weighted by Gasteiger charge is -2.09. The van der Waals surface area contributed by atoms with Crippen LogP contribution in [-0.2, 0) is 0 Å². The molecule has 76 valence electrons. The van der Waals surface area contributed by atoms with E-state index in [4.69, 9.17) is 5.73 Å². The summed E-state index contributed by atoms with van der Waals surface area (Å²) < 4.78 is 0. The number of hydrogen-bond donors (Lipinski definition) is 3. The third-order valence-corrected chi connectivity index (χ3v) is 2.30. The van der Waals surface area contributed by atoms with Crippen molar-refractivity contribution in [3.63, 3.8) is 0 Å². The fourth-order valence-corrected chi connectivity index (χ4v) is 1.30. The molecule has 1 atom stereocenters. The highest BCUT2D eigenvalue weighted by Gasteiger charge is 2.28. The van der Waals surface area contributed by atoms with Crippen LogP contribution < -0.4 is 5.73 Å². The Morgan fingerprint density at radius 2 is 2.29 bits per heavy atom. The van der Waals surface area contributed by atoms with Gasteiger partial charge in [-0.3, -0.25) is 0 Å². The fourth-order valence-electron chi connectivity index (χ4n) is 1.30. The molecule has 4 N–H and O–H groups in total. The minimum Gasteiger partial charge on any atom is -0.504 e. The third-order valence-electron chi connectivity index (χ3n) is 2.30. The van der Waals surface area contributed by atoms with Gasteiger partial charge in [0.05, 0.1) is 6.20 Å². The van der Waals surface area contributed by atoms with E-state index in [0.717, 1.165) is 12.8 Å². The molecule has 5 heteroatoms. The Hall–Kier alpha value is -1.20. The first-order valence-corrected chi connectivity index (χ1v) is 4.66. The Morgan fingerprint density at radius 3 is 2.86 bits per heavy atom. The van der Waals surface area contributed by atoms with Crippen LogP contribution in [0.3, 0.4) is 0 Å². The molecule has 0 spiro atoms. The molecule has 1 unspecified atom stereocenters. The molecule has 1 heterocycles. The average molecular weight is 195 g/mol. The van der Waals surface area contributed by atoms with E-state index in [1.165, 1.54) is 6.20 Å². The molecule has 0 saturated heterocycles. The van der Waals surface area contributed by atoms with Gasteiger partial charge in [0.1, 0.15) is 17.6 Å². The largest absolute Gasteiger partial charge is 0.504 e. The smallest absolute Gasteiger partial charge is 0.158 e. The lowest BCUT2D eigenvalue weighted by molar-refractivity contribution is 0.176. The average Bonchev–Trinajstić information content (AvgIpc) is 3.01. The first kappa shape index (κ1) is 9.36. The van der Waals surface area contributed by atoms with Gasteiger partial charge < -0.3 is 15.9 Å². The molecule has 14 heavy (non-hydrogen) atoms. The van der Waals surface area contributed by atoms with Crippen molar-refractivity contribution in [3.8, 4) is 5.75 Å². The molecule has 1 aromatic heterocycles.